The van der Waals surface area contributed by atoms with Gasteiger partial charge < -0.3 is 0 Å². The molecule has 0 spiro atoms. The minimum atomic E-state index is -1.93. The van der Waals surface area contributed by atoms with E-state index in [-0.39, 0.29) is 0 Å². The minimum absolute atomic E-state index is 1.49. The number of allylic oxidation sites excluding steroid dienone is 1. The number of rotatable bonds is 5. The maximum atomic E-state index is 3.90. The van der Waals surface area contributed by atoms with Crippen LogP contribution in [0.5, 0.6) is 0 Å². The van der Waals surface area contributed by atoms with Crippen LogP contribution in [0.1, 0.15) is 0 Å². The quantitative estimate of drug-likeness (QED) is 0.357. The van der Waals surface area contributed by atoms with Crippen molar-refractivity contribution in [3.05, 3.63) is 70.7 Å². The molecule has 0 N–H and O–H groups in total. The largest absolute Gasteiger partial charge is 0.129 e. The number of benzene rings is 2. The second kappa shape index (κ2) is 9.00. The number of hydrogen-bond donors (Lipinski definition) is 0. The molecule has 0 aliphatic heterocycles. The van der Waals surface area contributed by atoms with Gasteiger partial charge in [-0.3, -0.25) is 0 Å². The Bertz CT molecular complexity index is 945. The van der Waals surface area contributed by atoms with E-state index < -0.39 is 32.3 Å². The summed E-state index contributed by atoms with van der Waals surface area (Å²) in [6.07, 6.45) is 0. The van der Waals surface area contributed by atoms with Crippen LogP contribution in [-0.4, -0.2) is 32.3 Å². The fourth-order valence-corrected chi connectivity index (χ4v) is 22.0. The van der Waals surface area contributed by atoms with Gasteiger partial charge in [0.15, 0.2) is 0 Å². The van der Waals surface area contributed by atoms with E-state index in [0.717, 1.165) is 0 Å². The monoisotopic (exact) mass is 464 g/mol. The van der Waals surface area contributed by atoms with Crippen molar-refractivity contribution in [2.45, 2.75) is 65.5 Å². The maximum Gasteiger partial charge on any atom is 0.129 e. The summed E-state index contributed by atoms with van der Waals surface area (Å²) < 4.78 is 0. The lowest BCUT2D eigenvalue weighted by Crippen LogP contribution is -2.56. The highest BCUT2D eigenvalue weighted by Gasteiger charge is 2.42. The molecule has 0 aliphatic carbocycles. The molecule has 0 bridgehead atoms. The molecule has 0 heterocycles. The van der Waals surface area contributed by atoms with Gasteiger partial charge in [-0.05, 0) is 5.20 Å². The van der Waals surface area contributed by atoms with Gasteiger partial charge in [0.25, 0.3) is 0 Å². The molecule has 2 aromatic carbocycles. The lowest BCUT2D eigenvalue weighted by Gasteiger charge is -2.40. The van der Waals surface area contributed by atoms with Crippen molar-refractivity contribution in [1.82, 2.24) is 0 Å². The zero-order valence-corrected chi connectivity index (χ0v) is 24.8. The Hall–Kier alpha value is -1.39. The third kappa shape index (κ3) is 5.85. The highest BCUT2D eigenvalue weighted by atomic mass is 28.4. The molecule has 4 heteroatoms. The zero-order chi connectivity index (χ0) is 22.8. The van der Waals surface area contributed by atoms with E-state index in [0.29, 0.717) is 0 Å². The van der Waals surface area contributed by atoms with Crippen LogP contribution in [-0.2, 0) is 0 Å². The van der Waals surface area contributed by atoms with Gasteiger partial charge in [0.1, 0.15) is 24.2 Å². The Morgan fingerprint density at radius 3 is 1.33 bits per heavy atom. The summed E-state index contributed by atoms with van der Waals surface area (Å²) in [5.74, 6) is 3.90. The molecule has 0 saturated carbocycles. The van der Waals surface area contributed by atoms with Crippen molar-refractivity contribution in [1.29, 1.82) is 0 Å². The van der Waals surface area contributed by atoms with Gasteiger partial charge in [0.2, 0.25) is 0 Å². The SMILES string of the molecule is C[Si](C)(C)C#C/C(=C(/[Si](C)(C)C)[Si](C)(C)c1ccccc1)[Si](C)(C)c1ccccc1. The van der Waals surface area contributed by atoms with E-state index in [1.54, 1.807) is 4.82 Å². The van der Waals surface area contributed by atoms with E-state index >= 15 is 0 Å². The van der Waals surface area contributed by atoms with Crippen LogP contribution >= 0.6 is 0 Å². The topological polar surface area (TPSA) is 0 Å². The Morgan fingerprint density at radius 1 is 0.567 bits per heavy atom. The second-order valence-corrected chi connectivity index (χ2v) is 30.4. The van der Waals surface area contributed by atoms with E-state index in [2.05, 4.69) is 138 Å². The van der Waals surface area contributed by atoms with E-state index in [9.17, 15) is 0 Å². The summed E-state index contributed by atoms with van der Waals surface area (Å²) in [4.78, 5) is 1.77. The molecule has 2 rings (SSSR count). The molecule has 0 unspecified atom stereocenters. The molecule has 160 valence electrons. The summed E-state index contributed by atoms with van der Waals surface area (Å²) in [6.45, 7) is 24.8. The molecule has 2 aromatic rings. The molecule has 0 nitrogen and oxygen atoms in total. The third-order valence-corrected chi connectivity index (χ3v) is 19.7. The molecule has 0 atom stereocenters. The van der Waals surface area contributed by atoms with Gasteiger partial charge in [0, 0.05) is 0 Å². The minimum Gasteiger partial charge on any atom is -0.127 e. The predicted molar refractivity (Wildman–Crippen MR) is 149 cm³/mol. The van der Waals surface area contributed by atoms with Crippen LogP contribution in [0, 0.1) is 11.5 Å². The van der Waals surface area contributed by atoms with Crippen molar-refractivity contribution in [2.75, 3.05) is 0 Å². The fourth-order valence-electron chi connectivity index (χ4n) is 4.40. The molecule has 0 amide bonds. The third-order valence-electron chi connectivity index (χ3n) is 5.80. The van der Waals surface area contributed by atoms with Gasteiger partial charge in [-0.15, -0.1) is 5.54 Å². The van der Waals surface area contributed by atoms with Crippen molar-refractivity contribution >= 4 is 42.7 Å². The fraction of sp³-hybridized carbons (Fsp3) is 0.385. The molecule has 0 radical (unpaired) electrons. The van der Waals surface area contributed by atoms with Crippen molar-refractivity contribution in [2.24, 2.45) is 0 Å². The zero-order valence-electron chi connectivity index (χ0n) is 20.8. The molecule has 0 aliphatic rings. The Kier molecular flexibility index (Phi) is 7.46. The lowest BCUT2D eigenvalue weighted by molar-refractivity contribution is 1.58. The lowest BCUT2D eigenvalue weighted by atomic mass is 10.4. The smallest absolute Gasteiger partial charge is 0.127 e. The molecular formula is C26H40Si4. The average molecular weight is 465 g/mol. The summed E-state index contributed by atoms with van der Waals surface area (Å²) in [7, 11) is -6.89. The molecule has 0 fully saturated rings. The highest BCUT2D eigenvalue weighted by molar-refractivity contribution is 7.13. The first-order valence-corrected chi connectivity index (χ1v) is 24.1. The standard InChI is InChI=1S/C26H40Si4/c1-27(2,3)22-21-25(29(7,8)23-17-13-11-14-18-23)26(28(4,5)6)30(9,10)24-19-15-12-16-20-24/h11-20H,1-10H3/b26-25+. The Morgan fingerprint density at radius 2 is 0.967 bits per heavy atom. The van der Waals surface area contributed by atoms with Gasteiger partial charge >= 0.3 is 0 Å². The van der Waals surface area contributed by atoms with Crippen LogP contribution < -0.4 is 10.4 Å². The van der Waals surface area contributed by atoms with Crippen molar-refractivity contribution in [3.8, 4) is 11.5 Å². The molecular weight excluding hydrogens is 425 g/mol. The van der Waals surface area contributed by atoms with Crippen molar-refractivity contribution < 1.29 is 0 Å². The Balaban J connectivity index is 2.95. The first-order valence-electron chi connectivity index (χ1n) is 11.1. The van der Waals surface area contributed by atoms with Crippen LogP contribution in [0.3, 0.4) is 0 Å². The van der Waals surface area contributed by atoms with Gasteiger partial charge in [-0.25, -0.2) is 0 Å². The van der Waals surface area contributed by atoms with Gasteiger partial charge in [0.05, 0.1) is 8.07 Å². The number of hydrogen-bond acceptors (Lipinski definition) is 0. The van der Waals surface area contributed by atoms with Crippen LogP contribution in [0.4, 0.5) is 0 Å². The van der Waals surface area contributed by atoms with E-state index in [1.807, 2.05) is 0 Å². The normalized spacial score (nSPS) is 13.9. The van der Waals surface area contributed by atoms with Crippen LogP contribution in [0.2, 0.25) is 65.5 Å². The molecule has 30 heavy (non-hydrogen) atoms. The van der Waals surface area contributed by atoms with Gasteiger partial charge in [-0.1, -0.05) is 147 Å². The van der Waals surface area contributed by atoms with Gasteiger partial charge in [-0.2, -0.15) is 0 Å². The second-order valence-electron chi connectivity index (χ2n) is 11.5. The van der Waals surface area contributed by atoms with E-state index in [1.165, 1.54) is 15.6 Å². The highest BCUT2D eigenvalue weighted by Crippen LogP contribution is 2.33. The first-order chi connectivity index (χ1) is 13.7. The van der Waals surface area contributed by atoms with E-state index in [4.69, 9.17) is 0 Å². The maximum absolute atomic E-state index is 3.90. The summed E-state index contributed by atoms with van der Waals surface area (Å²) in [6, 6.07) is 22.5. The summed E-state index contributed by atoms with van der Waals surface area (Å²) >= 11 is 0. The first kappa shape index (κ1) is 24.9. The Labute approximate surface area is 189 Å². The average Bonchev–Trinajstić information content (AvgIpc) is 2.64. The van der Waals surface area contributed by atoms with Crippen molar-refractivity contribution in [3.63, 3.8) is 0 Å². The predicted octanol–water partition coefficient (Wildman–Crippen LogP) is 6.35. The summed E-state index contributed by atoms with van der Waals surface area (Å²) in [5, 5.41) is 4.57. The van der Waals surface area contributed by atoms with Crippen LogP contribution in [0.15, 0.2) is 70.7 Å². The summed E-state index contributed by atoms with van der Waals surface area (Å²) in [5.41, 5.74) is 3.78. The van der Waals surface area contributed by atoms with Crippen LogP contribution in [0.25, 0.3) is 0 Å². The molecule has 0 saturated heterocycles. The molecule has 0 aromatic heterocycles.